The molecule has 0 N–H and O–H groups in total. The Kier molecular flexibility index (Phi) is 3.25. The highest BCUT2D eigenvalue weighted by atomic mass is 16.5. The van der Waals surface area contributed by atoms with Gasteiger partial charge >= 0.3 is 0 Å². The van der Waals surface area contributed by atoms with E-state index in [0.29, 0.717) is 0 Å². The molecule has 0 spiro atoms. The minimum absolute atomic E-state index is 0.793. The molecule has 2 unspecified atom stereocenters. The first-order valence-electron chi connectivity index (χ1n) is 8.10. The summed E-state index contributed by atoms with van der Waals surface area (Å²) < 4.78 is 5.64. The average molecular weight is 291 g/mol. The van der Waals surface area contributed by atoms with Crippen LogP contribution in [0.1, 0.15) is 31.0 Å². The number of methoxy groups -OCH3 is 1. The van der Waals surface area contributed by atoms with Crippen LogP contribution in [-0.2, 0) is 6.42 Å². The summed E-state index contributed by atoms with van der Waals surface area (Å²) in [5, 5.41) is 0. The molecule has 2 atom stereocenters. The predicted molar refractivity (Wildman–Crippen MR) is 89.8 cm³/mol. The second kappa shape index (κ2) is 5.28. The Bertz CT molecular complexity index is 733. The van der Waals surface area contributed by atoms with Crippen molar-refractivity contribution >= 4 is 6.08 Å². The molecular formula is C20H21NO. The van der Waals surface area contributed by atoms with Crippen molar-refractivity contribution in [3.63, 3.8) is 0 Å². The summed E-state index contributed by atoms with van der Waals surface area (Å²) in [6, 6.07) is 12.4. The summed E-state index contributed by atoms with van der Waals surface area (Å²) in [5.74, 6) is 2.62. The van der Waals surface area contributed by atoms with Gasteiger partial charge in [-0.3, -0.25) is 0 Å². The standard InChI is InChI=1S/C20H21NO/c1-13-10-17(13)15-8-9-16-19(11-15)21-18(12-20(16)22-2)14-6-4-3-5-7-14/h3-7,11-13,17H,8-10H2,1-2H3. The minimum Gasteiger partial charge on any atom is -0.496 e. The number of fused-ring (bicyclic) bond motifs is 1. The van der Waals surface area contributed by atoms with Gasteiger partial charge in [0, 0.05) is 17.2 Å². The summed E-state index contributed by atoms with van der Waals surface area (Å²) in [4.78, 5) is 4.92. The van der Waals surface area contributed by atoms with Gasteiger partial charge in [-0.05, 0) is 37.2 Å². The van der Waals surface area contributed by atoms with E-state index in [2.05, 4.69) is 43.3 Å². The Morgan fingerprint density at radius 1 is 1.14 bits per heavy atom. The molecule has 1 aromatic carbocycles. The van der Waals surface area contributed by atoms with Crippen molar-refractivity contribution in [2.75, 3.05) is 7.11 Å². The summed E-state index contributed by atoms with van der Waals surface area (Å²) >= 11 is 0. The molecule has 2 aromatic rings. The van der Waals surface area contributed by atoms with Crippen LogP contribution in [0.15, 0.2) is 42.0 Å². The molecule has 2 nitrogen and oxygen atoms in total. The van der Waals surface area contributed by atoms with Gasteiger partial charge in [0.1, 0.15) is 5.75 Å². The van der Waals surface area contributed by atoms with E-state index in [1.54, 1.807) is 12.7 Å². The molecule has 112 valence electrons. The minimum atomic E-state index is 0.793. The average Bonchev–Trinajstić information content (AvgIpc) is 3.31. The van der Waals surface area contributed by atoms with Crippen LogP contribution in [-0.4, -0.2) is 12.1 Å². The van der Waals surface area contributed by atoms with Crippen LogP contribution in [0, 0.1) is 11.8 Å². The van der Waals surface area contributed by atoms with Crippen LogP contribution >= 0.6 is 0 Å². The highest BCUT2D eigenvalue weighted by Gasteiger charge is 2.36. The third-order valence-corrected chi connectivity index (χ3v) is 4.98. The molecule has 0 radical (unpaired) electrons. The second-order valence-electron chi connectivity index (χ2n) is 6.48. The fraction of sp³-hybridized carbons (Fsp3) is 0.350. The lowest BCUT2D eigenvalue weighted by molar-refractivity contribution is 0.408. The third kappa shape index (κ3) is 2.33. The summed E-state index contributed by atoms with van der Waals surface area (Å²) in [6.45, 7) is 2.34. The maximum atomic E-state index is 5.64. The lowest BCUT2D eigenvalue weighted by Crippen LogP contribution is -2.06. The topological polar surface area (TPSA) is 22.1 Å². The smallest absolute Gasteiger partial charge is 0.126 e. The SMILES string of the molecule is COc1cc(-c2ccccc2)nc2c1CCC(C1CC1C)=C2. The molecule has 2 heteroatoms. The van der Waals surface area contributed by atoms with Gasteiger partial charge in [0.25, 0.3) is 0 Å². The molecule has 0 aliphatic heterocycles. The first-order valence-corrected chi connectivity index (χ1v) is 8.10. The van der Waals surface area contributed by atoms with Crippen molar-refractivity contribution in [3.8, 4) is 17.0 Å². The fourth-order valence-electron chi connectivity index (χ4n) is 3.52. The Labute approximate surface area is 131 Å². The Balaban J connectivity index is 1.80. The number of allylic oxidation sites excluding steroid dienone is 1. The highest BCUT2D eigenvalue weighted by Crippen LogP contribution is 2.47. The number of benzene rings is 1. The van der Waals surface area contributed by atoms with Crippen LogP contribution in [0.25, 0.3) is 17.3 Å². The van der Waals surface area contributed by atoms with Gasteiger partial charge in [-0.25, -0.2) is 4.98 Å². The predicted octanol–water partition coefficient (Wildman–Crippen LogP) is 4.74. The van der Waals surface area contributed by atoms with Gasteiger partial charge in [0.15, 0.2) is 0 Å². The maximum Gasteiger partial charge on any atom is 0.126 e. The number of rotatable bonds is 3. The monoisotopic (exact) mass is 291 g/mol. The van der Waals surface area contributed by atoms with Crippen molar-refractivity contribution in [1.82, 2.24) is 4.98 Å². The molecule has 1 aromatic heterocycles. The normalized spacial score (nSPS) is 22.7. The Hall–Kier alpha value is -2.09. The molecule has 0 bridgehead atoms. The highest BCUT2D eigenvalue weighted by molar-refractivity contribution is 5.68. The molecule has 2 aliphatic carbocycles. The molecule has 1 fully saturated rings. The molecule has 0 saturated heterocycles. The van der Waals surface area contributed by atoms with Crippen LogP contribution in [0.4, 0.5) is 0 Å². The van der Waals surface area contributed by atoms with E-state index in [4.69, 9.17) is 9.72 Å². The van der Waals surface area contributed by atoms with Crippen LogP contribution in [0.3, 0.4) is 0 Å². The van der Waals surface area contributed by atoms with Crippen molar-refractivity contribution in [2.24, 2.45) is 11.8 Å². The van der Waals surface area contributed by atoms with Crippen LogP contribution in [0.5, 0.6) is 5.75 Å². The fourth-order valence-corrected chi connectivity index (χ4v) is 3.52. The van der Waals surface area contributed by atoms with Gasteiger partial charge in [0.05, 0.1) is 18.5 Å². The summed E-state index contributed by atoms with van der Waals surface area (Å²) in [6.07, 6.45) is 5.87. The molecule has 1 saturated carbocycles. The van der Waals surface area contributed by atoms with Crippen molar-refractivity contribution < 1.29 is 4.74 Å². The number of pyridine rings is 1. The zero-order chi connectivity index (χ0) is 15.1. The third-order valence-electron chi connectivity index (χ3n) is 4.98. The van der Waals surface area contributed by atoms with E-state index in [1.165, 1.54) is 12.0 Å². The number of nitrogens with zero attached hydrogens (tertiary/aromatic N) is 1. The summed E-state index contributed by atoms with van der Waals surface area (Å²) in [5.41, 5.74) is 6.10. The molecular weight excluding hydrogens is 270 g/mol. The van der Waals surface area contributed by atoms with Gasteiger partial charge in [-0.15, -0.1) is 0 Å². The zero-order valence-electron chi connectivity index (χ0n) is 13.2. The van der Waals surface area contributed by atoms with Crippen LogP contribution < -0.4 is 4.74 Å². The van der Waals surface area contributed by atoms with Gasteiger partial charge in [0.2, 0.25) is 0 Å². The number of hydrogen-bond donors (Lipinski definition) is 0. The lowest BCUT2D eigenvalue weighted by Gasteiger charge is -2.19. The Morgan fingerprint density at radius 3 is 2.59 bits per heavy atom. The zero-order valence-corrected chi connectivity index (χ0v) is 13.2. The number of aromatic nitrogens is 1. The molecule has 22 heavy (non-hydrogen) atoms. The maximum absolute atomic E-state index is 5.64. The van der Waals surface area contributed by atoms with Crippen molar-refractivity contribution in [3.05, 3.63) is 53.2 Å². The first-order chi connectivity index (χ1) is 10.8. The molecule has 2 aliphatic rings. The van der Waals surface area contributed by atoms with E-state index in [1.807, 2.05) is 6.07 Å². The number of hydrogen-bond acceptors (Lipinski definition) is 2. The van der Waals surface area contributed by atoms with E-state index in [0.717, 1.165) is 47.4 Å². The van der Waals surface area contributed by atoms with Gasteiger partial charge in [-0.2, -0.15) is 0 Å². The number of ether oxygens (including phenoxy) is 1. The van der Waals surface area contributed by atoms with E-state index in [9.17, 15) is 0 Å². The quantitative estimate of drug-likeness (QED) is 0.814. The molecule has 0 amide bonds. The van der Waals surface area contributed by atoms with Crippen molar-refractivity contribution in [2.45, 2.75) is 26.2 Å². The molecule has 1 heterocycles. The Morgan fingerprint density at radius 2 is 1.91 bits per heavy atom. The van der Waals surface area contributed by atoms with E-state index < -0.39 is 0 Å². The van der Waals surface area contributed by atoms with Gasteiger partial charge < -0.3 is 4.74 Å². The largest absolute Gasteiger partial charge is 0.496 e. The second-order valence-corrected chi connectivity index (χ2v) is 6.48. The van der Waals surface area contributed by atoms with Crippen LogP contribution in [0.2, 0.25) is 0 Å². The van der Waals surface area contributed by atoms with Crippen molar-refractivity contribution in [1.29, 1.82) is 0 Å². The molecule has 4 rings (SSSR count). The first kappa shape index (κ1) is 13.6. The lowest BCUT2D eigenvalue weighted by atomic mass is 9.91. The summed E-state index contributed by atoms with van der Waals surface area (Å²) in [7, 11) is 1.76. The van der Waals surface area contributed by atoms with E-state index >= 15 is 0 Å². The van der Waals surface area contributed by atoms with Gasteiger partial charge in [-0.1, -0.05) is 42.8 Å². The van der Waals surface area contributed by atoms with E-state index in [-0.39, 0.29) is 0 Å².